The number of aromatic nitrogens is 3. The highest BCUT2D eigenvalue weighted by atomic mass is 32.1. The first-order chi connectivity index (χ1) is 14.6. The Labute approximate surface area is 178 Å². The van der Waals surface area contributed by atoms with Crippen molar-refractivity contribution in [1.82, 2.24) is 14.1 Å². The van der Waals surface area contributed by atoms with Gasteiger partial charge < -0.3 is 11.1 Å². The highest BCUT2D eigenvalue weighted by Gasteiger charge is 2.21. The summed E-state index contributed by atoms with van der Waals surface area (Å²) >= 11 is 1.05. The molecule has 162 valence electrons. The van der Waals surface area contributed by atoms with E-state index in [-0.39, 0.29) is 39.9 Å². The molecule has 0 aliphatic carbocycles. The first-order valence-corrected chi connectivity index (χ1v) is 9.74. The van der Waals surface area contributed by atoms with Gasteiger partial charge in [0, 0.05) is 38.2 Å². The predicted molar refractivity (Wildman–Crippen MR) is 115 cm³/mol. The fraction of sp³-hybridized carbons (Fsp3) is 0.211. The number of thiazole rings is 1. The molecule has 2 heterocycles. The van der Waals surface area contributed by atoms with Crippen LogP contribution in [-0.4, -0.2) is 32.8 Å². The molecule has 0 aliphatic heterocycles. The number of amides is 1. The number of nitrogens with two attached hydrogens (primary N) is 1. The van der Waals surface area contributed by atoms with Crippen LogP contribution in [0.25, 0.3) is 11.3 Å². The van der Waals surface area contributed by atoms with E-state index in [1.165, 1.54) is 32.6 Å². The zero-order valence-electron chi connectivity index (χ0n) is 16.8. The number of hydrogen-bond donors (Lipinski definition) is 2. The van der Waals surface area contributed by atoms with Crippen molar-refractivity contribution >= 4 is 33.9 Å². The van der Waals surface area contributed by atoms with Crippen LogP contribution in [0.5, 0.6) is 0 Å². The first-order valence-electron chi connectivity index (χ1n) is 8.86. The zero-order valence-corrected chi connectivity index (χ0v) is 17.6. The number of halogens is 2. The van der Waals surface area contributed by atoms with Gasteiger partial charge in [0.15, 0.2) is 5.13 Å². The summed E-state index contributed by atoms with van der Waals surface area (Å²) in [5.41, 5.74) is 5.02. The minimum Gasteiger partial charge on any atom is -0.384 e. The molecule has 3 N–H and O–H groups in total. The maximum absolute atomic E-state index is 13.9. The van der Waals surface area contributed by atoms with Crippen LogP contribution in [-0.2, 0) is 18.9 Å². The molecule has 1 amide bonds. The second kappa shape index (κ2) is 8.60. The molecule has 0 radical (unpaired) electrons. The van der Waals surface area contributed by atoms with Gasteiger partial charge in [-0.15, -0.1) is 11.3 Å². The summed E-state index contributed by atoms with van der Waals surface area (Å²) in [5.74, 6) is -2.13. The number of carbonyl (C=O) groups excluding carboxylic acids is 1. The number of nitrogens with one attached hydrogen (secondary N) is 1. The topological polar surface area (TPSA) is 124 Å². The van der Waals surface area contributed by atoms with Crippen molar-refractivity contribution in [3.63, 3.8) is 0 Å². The molecule has 9 nitrogen and oxygen atoms in total. The number of anilines is 2. The molecule has 1 aromatic carbocycles. The molecule has 0 spiro atoms. The Morgan fingerprint density at radius 1 is 1.26 bits per heavy atom. The lowest BCUT2D eigenvalue weighted by atomic mass is 10.1. The highest BCUT2D eigenvalue weighted by molar-refractivity contribution is 7.14. The quantitative estimate of drug-likeness (QED) is 0.573. The van der Waals surface area contributed by atoms with Crippen molar-refractivity contribution in [1.29, 1.82) is 0 Å². The number of carbonyl (C=O) groups is 1. The summed E-state index contributed by atoms with van der Waals surface area (Å²) in [5, 5.41) is 4.25. The van der Waals surface area contributed by atoms with E-state index in [0.29, 0.717) is 0 Å². The Morgan fingerprint density at radius 3 is 2.61 bits per heavy atom. The maximum Gasteiger partial charge on any atom is 0.332 e. The monoisotopic (exact) mass is 448 g/mol. The molecule has 31 heavy (non-hydrogen) atoms. The standard InChI is InChI=1S/C19H18F2N6O3S/c1-23-12(15-16(22)26(2)19(30)27(3)17(15)29)7-14(28)25-18-24-13(8-31-18)10-5-4-9(20)6-11(10)21/h4-6,8H,7,22H2,1-3H3,(H,24,25,28). The number of benzene rings is 1. The van der Waals surface area contributed by atoms with Crippen molar-refractivity contribution in [2.24, 2.45) is 19.1 Å². The maximum atomic E-state index is 13.9. The first kappa shape index (κ1) is 22.0. The van der Waals surface area contributed by atoms with Crippen molar-refractivity contribution in [2.75, 3.05) is 18.1 Å². The van der Waals surface area contributed by atoms with Crippen LogP contribution in [0.3, 0.4) is 0 Å². The minimum absolute atomic E-state index is 0.0459. The van der Waals surface area contributed by atoms with Gasteiger partial charge in [-0.2, -0.15) is 0 Å². The van der Waals surface area contributed by atoms with Gasteiger partial charge in [-0.05, 0) is 12.1 Å². The molecule has 0 bridgehead atoms. The van der Waals surface area contributed by atoms with Gasteiger partial charge in [0.2, 0.25) is 5.91 Å². The van der Waals surface area contributed by atoms with E-state index < -0.39 is 28.8 Å². The van der Waals surface area contributed by atoms with E-state index in [9.17, 15) is 23.2 Å². The summed E-state index contributed by atoms with van der Waals surface area (Å²) in [6.07, 6.45) is -0.312. The van der Waals surface area contributed by atoms with E-state index in [1.807, 2.05) is 0 Å². The molecule has 0 fully saturated rings. The third-order valence-electron chi connectivity index (χ3n) is 4.55. The van der Waals surface area contributed by atoms with Gasteiger partial charge in [0.1, 0.15) is 23.0 Å². The molecule has 0 aliphatic rings. The molecule has 3 rings (SSSR count). The van der Waals surface area contributed by atoms with Crippen LogP contribution in [0.15, 0.2) is 38.2 Å². The van der Waals surface area contributed by atoms with Gasteiger partial charge >= 0.3 is 5.69 Å². The van der Waals surface area contributed by atoms with E-state index in [0.717, 1.165) is 32.6 Å². The lowest BCUT2D eigenvalue weighted by Crippen LogP contribution is -2.42. The van der Waals surface area contributed by atoms with Gasteiger partial charge in [-0.25, -0.2) is 18.6 Å². The van der Waals surface area contributed by atoms with Crippen molar-refractivity contribution in [3.05, 3.63) is 61.6 Å². The zero-order chi connectivity index (χ0) is 22.9. The Morgan fingerprint density at radius 2 is 1.97 bits per heavy atom. The average Bonchev–Trinajstić information content (AvgIpc) is 3.18. The van der Waals surface area contributed by atoms with Crippen LogP contribution < -0.4 is 22.3 Å². The molecule has 0 saturated carbocycles. The SMILES string of the molecule is CN=C(CC(=O)Nc1nc(-c2ccc(F)cc2F)cs1)c1c(N)n(C)c(=O)n(C)c1=O. The summed E-state index contributed by atoms with van der Waals surface area (Å²) in [6.45, 7) is 0. The fourth-order valence-corrected chi connectivity index (χ4v) is 3.60. The van der Waals surface area contributed by atoms with Crippen LogP contribution in [0.1, 0.15) is 12.0 Å². The van der Waals surface area contributed by atoms with Crippen molar-refractivity contribution in [2.45, 2.75) is 6.42 Å². The number of rotatable bonds is 5. The van der Waals surface area contributed by atoms with E-state index in [2.05, 4.69) is 15.3 Å². The molecular weight excluding hydrogens is 430 g/mol. The summed E-state index contributed by atoms with van der Waals surface area (Å²) in [7, 11) is 4.09. The molecule has 0 unspecified atom stereocenters. The number of nitrogen functional groups attached to an aromatic ring is 1. The van der Waals surface area contributed by atoms with Crippen LogP contribution in [0.2, 0.25) is 0 Å². The Kier molecular flexibility index (Phi) is 6.11. The third-order valence-corrected chi connectivity index (χ3v) is 5.31. The predicted octanol–water partition coefficient (Wildman–Crippen LogP) is 1.52. The third kappa shape index (κ3) is 4.28. The van der Waals surface area contributed by atoms with Crippen molar-refractivity contribution in [3.8, 4) is 11.3 Å². The average molecular weight is 448 g/mol. The van der Waals surface area contributed by atoms with Gasteiger partial charge in [-0.3, -0.25) is 23.7 Å². The minimum atomic E-state index is -0.774. The van der Waals surface area contributed by atoms with Crippen molar-refractivity contribution < 1.29 is 13.6 Å². The number of hydrogen-bond acceptors (Lipinski definition) is 7. The largest absolute Gasteiger partial charge is 0.384 e. The normalized spacial score (nSPS) is 11.6. The molecule has 12 heteroatoms. The molecule has 0 atom stereocenters. The lowest BCUT2D eigenvalue weighted by Gasteiger charge is -2.13. The Hall–Kier alpha value is -3.67. The molecular formula is C19H18F2N6O3S. The fourth-order valence-electron chi connectivity index (χ4n) is 2.88. The molecule has 3 aromatic rings. The van der Waals surface area contributed by atoms with Crippen LogP contribution in [0, 0.1) is 11.6 Å². The summed E-state index contributed by atoms with van der Waals surface area (Å²) < 4.78 is 29.0. The van der Waals surface area contributed by atoms with Gasteiger partial charge in [-0.1, -0.05) is 0 Å². The van der Waals surface area contributed by atoms with Crippen LogP contribution >= 0.6 is 11.3 Å². The Balaban J connectivity index is 1.82. The summed E-state index contributed by atoms with van der Waals surface area (Å²) in [6, 6.07) is 3.11. The molecule has 2 aromatic heterocycles. The number of nitrogens with zero attached hydrogens (tertiary/aromatic N) is 4. The van der Waals surface area contributed by atoms with E-state index in [4.69, 9.17) is 5.73 Å². The van der Waals surface area contributed by atoms with Gasteiger partial charge in [0.25, 0.3) is 5.56 Å². The van der Waals surface area contributed by atoms with E-state index in [1.54, 1.807) is 0 Å². The van der Waals surface area contributed by atoms with E-state index >= 15 is 0 Å². The lowest BCUT2D eigenvalue weighted by molar-refractivity contribution is -0.115. The summed E-state index contributed by atoms with van der Waals surface area (Å²) in [4.78, 5) is 45.1. The second-order valence-electron chi connectivity index (χ2n) is 6.52. The number of aliphatic imine (C=N–C) groups is 1. The Bertz CT molecular complexity index is 1330. The second-order valence-corrected chi connectivity index (χ2v) is 7.38. The smallest absolute Gasteiger partial charge is 0.332 e. The molecule has 0 saturated heterocycles. The van der Waals surface area contributed by atoms with Crippen LogP contribution in [0.4, 0.5) is 19.7 Å². The highest BCUT2D eigenvalue weighted by Crippen LogP contribution is 2.27. The van der Waals surface area contributed by atoms with Gasteiger partial charge in [0.05, 0.1) is 17.8 Å².